The molecule has 0 bridgehead atoms. The van der Waals surface area contributed by atoms with Crippen molar-refractivity contribution in [3.63, 3.8) is 0 Å². The van der Waals surface area contributed by atoms with Crippen LogP contribution >= 0.6 is 0 Å². The number of carbonyl (C=O) groups is 1. The topological polar surface area (TPSA) is 79.3 Å². The third kappa shape index (κ3) is 6.13. The van der Waals surface area contributed by atoms with Gasteiger partial charge in [-0.3, -0.25) is 14.0 Å². The van der Waals surface area contributed by atoms with E-state index in [0.717, 1.165) is 0 Å². The van der Waals surface area contributed by atoms with Gasteiger partial charge in [0, 0.05) is 47.3 Å². The first kappa shape index (κ1) is 15.3. The first-order valence-electron chi connectivity index (χ1n) is 5.76. The summed E-state index contributed by atoms with van der Waals surface area (Å²) in [7, 11) is -0.838. The van der Waals surface area contributed by atoms with Crippen LogP contribution in [0.4, 0.5) is 0 Å². The van der Waals surface area contributed by atoms with E-state index in [0.29, 0.717) is 29.8 Å². The zero-order valence-electron chi connectivity index (χ0n) is 10.7. The van der Waals surface area contributed by atoms with Gasteiger partial charge in [0.15, 0.2) is 0 Å². The molecular weight excluding hydrogens is 264 g/mol. The van der Waals surface area contributed by atoms with Crippen LogP contribution in [0.5, 0.6) is 0 Å². The van der Waals surface area contributed by atoms with Crippen LogP contribution in [0.25, 0.3) is 0 Å². The standard InChI is InChI=1S/C13H16N2O3S/c1-19(18)7-3-5-15-13(17)12-8-11(4-2-6-16)9-14-10-12/h8-10,16H,3,5-7H2,1H3,(H,15,17). The van der Waals surface area contributed by atoms with Crippen molar-refractivity contribution in [1.29, 1.82) is 0 Å². The van der Waals surface area contributed by atoms with E-state index in [1.54, 1.807) is 12.3 Å². The average Bonchev–Trinajstić information content (AvgIpc) is 2.41. The second kappa shape index (κ2) is 8.40. The van der Waals surface area contributed by atoms with E-state index in [-0.39, 0.29) is 12.5 Å². The molecule has 0 fully saturated rings. The highest BCUT2D eigenvalue weighted by Gasteiger charge is 2.05. The summed E-state index contributed by atoms with van der Waals surface area (Å²) in [5.41, 5.74) is 0.999. The van der Waals surface area contributed by atoms with E-state index in [4.69, 9.17) is 5.11 Å². The fraction of sp³-hybridized carbons (Fsp3) is 0.385. The van der Waals surface area contributed by atoms with Crippen LogP contribution in [0.2, 0.25) is 0 Å². The Morgan fingerprint density at radius 1 is 1.53 bits per heavy atom. The summed E-state index contributed by atoms with van der Waals surface area (Å²) in [5.74, 6) is 5.52. The molecule has 0 aliphatic carbocycles. The van der Waals surface area contributed by atoms with Crippen LogP contribution in [0, 0.1) is 11.8 Å². The molecule has 5 nitrogen and oxygen atoms in total. The van der Waals surface area contributed by atoms with E-state index >= 15 is 0 Å². The number of nitrogens with zero attached hydrogens (tertiary/aromatic N) is 1. The molecule has 0 aliphatic rings. The average molecular weight is 280 g/mol. The van der Waals surface area contributed by atoms with Crippen molar-refractivity contribution in [2.45, 2.75) is 6.42 Å². The monoisotopic (exact) mass is 280 g/mol. The van der Waals surface area contributed by atoms with Crippen molar-refractivity contribution in [1.82, 2.24) is 10.3 Å². The van der Waals surface area contributed by atoms with E-state index in [1.165, 1.54) is 12.4 Å². The lowest BCUT2D eigenvalue weighted by Crippen LogP contribution is -2.25. The minimum absolute atomic E-state index is 0.232. The predicted octanol–water partition coefficient (Wildman–Crippen LogP) is -0.0762. The summed E-state index contributed by atoms with van der Waals surface area (Å²) < 4.78 is 10.9. The van der Waals surface area contributed by atoms with E-state index in [1.807, 2.05) is 0 Å². The van der Waals surface area contributed by atoms with Crippen LogP contribution in [-0.4, -0.2) is 45.4 Å². The van der Waals surface area contributed by atoms with Gasteiger partial charge in [-0.1, -0.05) is 11.8 Å². The first-order valence-corrected chi connectivity index (χ1v) is 7.49. The first-order chi connectivity index (χ1) is 9.13. The molecule has 1 amide bonds. The van der Waals surface area contributed by atoms with Crippen LogP contribution in [0.3, 0.4) is 0 Å². The zero-order valence-corrected chi connectivity index (χ0v) is 11.5. The maximum absolute atomic E-state index is 11.8. The van der Waals surface area contributed by atoms with Crippen molar-refractivity contribution in [3.8, 4) is 11.8 Å². The molecule has 102 valence electrons. The third-order valence-corrected chi connectivity index (χ3v) is 3.07. The van der Waals surface area contributed by atoms with Gasteiger partial charge in [0.1, 0.15) is 6.61 Å². The van der Waals surface area contributed by atoms with Crippen molar-refractivity contribution < 1.29 is 14.1 Å². The Kier molecular flexibility index (Phi) is 6.79. The van der Waals surface area contributed by atoms with E-state index in [9.17, 15) is 9.00 Å². The fourth-order valence-corrected chi connectivity index (χ4v) is 1.90. The molecule has 0 saturated carbocycles. The van der Waals surface area contributed by atoms with Gasteiger partial charge in [-0.05, 0) is 12.5 Å². The van der Waals surface area contributed by atoms with Crippen LogP contribution in [0.15, 0.2) is 18.5 Å². The highest BCUT2D eigenvalue weighted by molar-refractivity contribution is 7.84. The Labute approximate surface area is 114 Å². The number of aromatic nitrogens is 1. The number of hydrogen-bond acceptors (Lipinski definition) is 4. The molecule has 0 aromatic carbocycles. The maximum Gasteiger partial charge on any atom is 0.252 e. The number of hydrogen-bond donors (Lipinski definition) is 2. The minimum Gasteiger partial charge on any atom is -0.384 e. The number of pyridine rings is 1. The van der Waals surface area contributed by atoms with Gasteiger partial charge in [-0.2, -0.15) is 0 Å². The van der Waals surface area contributed by atoms with Crippen LogP contribution < -0.4 is 5.32 Å². The molecule has 0 saturated heterocycles. The Hall–Kier alpha value is -1.71. The number of rotatable bonds is 5. The highest BCUT2D eigenvalue weighted by atomic mass is 32.2. The summed E-state index contributed by atoms with van der Waals surface area (Å²) in [4.78, 5) is 15.7. The molecule has 1 unspecified atom stereocenters. The highest BCUT2D eigenvalue weighted by Crippen LogP contribution is 2.01. The van der Waals surface area contributed by atoms with Crippen LogP contribution in [-0.2, 0) is 10.8 Å². The molecule has 0 spiro atoms. The molecule has 19 heavy (non-hydrogen) atoms. The van der Waals surface area contributed by atoms with Gasteiger partial charge in [0.05, 0.1) is 5.56 Å². The largest absolute Gasteiger partial charge is 0.384 e. The number of aliphatic hydroxyl groups excluding tert-OH is 1. The predicted molar refractivity (Wildman–Crippen MR) is 74.1 cm³/mol. The summed E-state index contributed by atoms with van der Waals surface area (Å²) in [6, 6.07) is 1.61. The summed E-state index contributed by atoms with van der Waals surface area (Å²) in [6.07, 6.45) is 5.29. The van der Waals surface area contributed by atoms with Crippen LogP contribution in [0.1, 0.15) is 22.3 Å². The van der Waals surface area contributed by atoms with Gasteiger partial charge >= 0.3 is 0 Å². The number of aliphatic hydroxyl groups is 1. The van der Waals surface area contributed by atoms with Crippen molar-refractivity contribution in [3.05, 3.63) is 29.6 Å². The van der Waals surface area contributed by atoms with Gasteiger partial charge < -0.3 is 10.4 Å². The van der Waals surface area contributed by atoms with E-state index in [2.05, 4.69) is 22.1 Å². The normalized spacial score (nSPS) is 11.3. The van der Waals surface area contributed by atoms with Gasteiger partial charge in [0.25, 0.3) is 5.91 Å². The number of nitrogens with one attached hydrogen (secondary N) is 1. The SMILES string of the molecule is CS(=O)CCCNC(=O)c1cncc(C#CCO)c1. The minimum atomic E-state index is -0.838. The molecule has 1 aromatic rings. The maximum atomic E-state index is 11.8. The summed E-state index contributed by atoms with van der Waals surface area (Å²) in [5, 5.41) is 11.3. The Bertz CT molecular complexity index is 520. The quantitative estimate of drug-likeness (QED) is 0.584. The zero-order chi connectivity index (χ0) is 14.1. The molecule has 1 heterocycles. The molecular formula is C13H16N2O3S. The Morgan fingerprint density at radius 2 is 2.32 bits per heavy atom. The second-order valence-electron chi connectivity index (χ2n) is 3.81. The van der Waals surface area contributed by atoms with E-state index < -0.39 is 10.8 Å². The molecule has 6 heteroatoms. The Balaban J connectivity index is 2.54. The smallest absolute Gasteiger partial charge is 0.252 e. The number of amides is 1. The molecule has 0 radical (unpaired) electrons. The number of carbonyl (C=O) groups excluding carboxylic acids is 1. The second-order valence-corrected chi connectivity index (χ2v) is 5.36. The van der Waals surface area contributed by atoms with Gasteiger partial charge in [0.2, 0.25) is 0 Å². The van der Waals surface area contributed by atoms with Crippen molar-refractivity contribution in [2.24, 2.45) is 0 Å². The van der Waals surface area contributed by atoms with Gasteiger partial charge in [-0.25, -0.2) is 0 Å². The third-order valence-electron chi connectivity index (χ3n) is 2.21. The lowest BCUT2D eigenvalue weighted by atomic mass is 10.2. The van der Waals surface area contributed by atoms with Crippen molar-refractivity contribution >= 4 is 16.7 Å². The molecule has 0 aliphatic heterocycles. The van der Waals surface area contributed by atoms with Crippen molar-refractivity contribution in [2.75, 3.05) is 25.2 Å². The Morgan fingerprint density at radius 3 is 3.00 bits per heavy atom. The molecule has 2 N–H and O–H groups in total. The summed E-state index contributed by atoms with van der Waals surface area (Å²) in [6.45, 7) is 0.246. The van der Waals surface area contributed by atoms with Gasteiger partial charge in [-0.15, -0.1) is 0 Å². The molecule has 1 atom stereocenters. The lowest BCUT2D eigenvalue weighted by molar-refractivity contribution is 0.0953. The fourth-order valence-electron chi connectivity index (χ4n) is 1.35. The lowest BCUT2D eigenvalue weighted by Gasteiger charge is -2.04. The molecule has 1 rings (SSSR count). The summed E-state index contributed by atoms with van der Waals surface area (Å²) >= 11 is 0. The molecule has 1 aromatic heterocycles.